The second-order valence-electron chi connectivity index (χ2n) is 6.39. The van der Waals surface area contributed by atoms with Crippen molar-refractivity contribution in [2.24, 2.45) is 0 Å². The van der Waals surface area contributed by atoms with Crippen molar-refractivity contribution in [1.29, 1.82) is 0 Å². The molecule has 1 aliphatic rings. The number of fused-ring (bicyclic) bond motifs is 1. The molecule has 0 bridgehead atoms. The van der Waals surface area contributed by atoms with Gasteiger partial charge in [0.15, 0.2) is 0 Å². The van der Waals surface area contributed by atoms with E-state index in [1.807, 2.05) is 36.9 Å². The van der Waals surface area contributed by atoms with Crippen molar-refractivity contribution in [2.75, 3.05) is 14.2 Å². The molecule has 1 heterocycles. The third-order valence-corrected chi connectivity index (χ3v) is 4.88. The molecule has 0 saturated carbocycles. The highest BCUT2D eigenvalue weighted by molar-refractivity contribution is 5.97. The zero-order valence-electron chi connectivity index (χ0n) is 14.9. The highest BCUT2D eigenvalue weighted by Crippen LogP contribution is 2.37. The highest BCUT2D eigenvalue weighted by Gasteiger charge is 2.34. The normalized spacial score (nSPS) is 19.3. The lowest BCUT2D eigenvalue weighted by molar-refractivity contribution is 0.0577. The second-order valence-corrected chi connectivity index (χ2v) is 6.39. The molecule has 5 nitrogen and oxygen atoms in total. The predicted molar refractivity (Wildman–Crippen MR) is 95.4 cm³/mol. The summed E-state index contributed by atoms with van der Waals surface area (Å²) in [6.07, 6.45) is 0.750. The van der Waals surface area contributed by atoms with Gasteiger partial charge in [-0.3, -0.25) is 4.79 Å². The van der Waals surface area contributed by atoms with Gasteiger partial charge in [-0.1, -0.05) is 6.07 Å². The van der Waals surface area contributed by atoms with E-state index in [2.05, 4.69) is 0 Å². The summed E-state index contributed by atoms with van der Waals surface area (Å²) >= 11 is 0. The number of aromatic hydroxyl groups is 1. The molecule has 1 N–H and O–H groups in total. The zero-order chi connectivity index (χ0) is 18.1. The van der Waals surface area contributed by atoms with E-state index in [1.165, 1.54) is 18.7 Å². The number of phenols is 1. The molecule has 5 heteroatoms. The van der Waals surface area contributed by atoms with E-state index in [9.17, 15) is 9.90 Å². The number of methoxy groups -OCH3 is 2. The summed E-state index contributed by atoms with van der Waals surface area (Å²) < 4.78 is 10.4. The maximum atomic E-state index is 13.1. The van der Waals surface area contributed by atoms with Crippen molar-refractivity contribution in [3.05, 3.63) is 53.1 Å². The lowest BCUT2D eigenvalue weighted by atomic mass is 9.88. The van der Waals surface area contributed by atoms with Crippen LogP contribution in [0.15, 0.2) is 36.4 Å². The lowest BCUT2D eigenvalue weighted by Crippen LogP contribution is -2.45. The van der Waals surface area contributed by atoms with Gasteiger partial charge in [0.1, 0.15) is 17.2 Å². The molecule has 2 aromatic rings. The minimum absolute atomic E-state index is 0.0172. The quantitative estimate of drug-likeness (QED) is 0.927. The molecule has 1 amide bonds. The fourth-order valence-electron chi connectivity index (χ4n) is 3.58. The Morgan fingerprint density at radius 3 is 2.36 bits per heavy atom. The molecule has 0 aliphatic carbocycles. The number of hydrogen-bond acceptors (Lipinski definition) is 4. The van der Waals surface area contributed by atoms with Gasteiger partial charge < -0.3 is 19.5 Å². The third-order valence-electron chi connectivity index (χ3n) is 4.88. The molecule has 0 fully saturated rings. The SMILES string of the molecule is COc1ccc(C(=O)N2C(C)Cc3cc(OC)ccc3C2C)c(O)c1. The van der Waals surface area contributed by atoms with Gasteiger partial charge in [-0.15, -0.1) is 0 Å². The minimum atomic E-state index is -0.179. The van der Waals surface area contributed by atoms with Crippen LogP contribution >= 0.6 is 0 Å². The first-order valence-electron chi connectivity index (χ1n) is 8.32. The van der Waals surface area contributed by atoms with Crippen LogP contribution < -0.4 is 9.47 Å². The number of hydrogen-bond donors (Lipinski definition) is 1. The molecular formula is C20H23NO4. The number of rotatable bonds is 3. The Kier molecular flexibility index (Phi) is 4.57. The van der Waals surface area contributed by atoms with E-state index < -0.39 is 0 Å². The molecule has 0 saturated heterocycles. The van der Waals surface area contributed by atoms with Crippen molar-refractivity contribution >= 4 is 5.91 Å². The monoisotopic (exact) mass is 341 g/mol. The number of benzene rings is 2. The molecule has 0 radical (unpaired) electrons. The minimum Gasteiger partial charge on any atom is -0.507 e. The first-order chi connectivity index (χ1) is 12.0. The Morgan fingerprint density at radius 2 is 1.72 bits per heavy atom. The number of phenolic OH excluding ortho intramolecular Hbond substituents is 1. The number of amides is 1. The number of nitrogens with zero attached hydrogens (tertiary/aromatic N) is 1. The van der Waals surface area contributed by atoms with Crippen LogP contribution in [0.25, 0.3) is 0 Å². The lowest BCUT2D eigenvalue weighted by Gasteiger charge is -2.40. The summed E-state index contributed by atoms with van der Waals surface area (Å²) in [6.45, 7) is 4.04. The molecule has 2 aromatic carbocycles. The standard InChI is InChI=1S/C20H23NO4/c1-12-9-14-10-15(24-3)5-7-17(14)13(2)21(12)20(23)18-8-6-16(25-4)11-19(18)22/h5-8,10-13,22H,9H2,1-4H3. The summed E-state index contributed by atoms with van der Waals surface area (Å²) in [4.78, 5) is 14.9. The van der Waals surface area contributed by atoms with Gasteiger partial charge in [0.05, 0.1) is 25.8 Å². The summed E-state index contributed by atoms with van der Waals surface area (Å²) in [6, 6.07) is 10.7. The van der Waals surface area contributed by atoms with Gasteiger partial charge in [0, 0.05) is 12.1 Å². The Labute approximate surface area is 147 Å². The van der Waals surface area contributed by atoms with Crippen LogP contribution in [-0.4, -0.2) is 36.2 Å². The van der Waals surface area contributed by atoms with Crippen molar-refractivity contribution in [3.8, 4) is 17.2 Å². The van der Waals surface area contributed by atoms with Gasteiger partial charge >= 0.3 is 0 Å². The average Bonchev–Trinajstić information content (AvgIpc) is 2.60. The van der Waals surface area contributed by atoms with Gasteiger partial charge in [0.2, 0.25) is 0 Å². The van der Waals surface area contributed by atoms with Crippen LogP contribution in [-0.2, 0) is 6.42 Å². The first-order valence-corrected chi connectivity index (χ1v) is 8.32. The smallest absolute Gasteiger partial charge is 0.258 e. The largest absolute Gasteiger partial charge is 0.507 e. The maximum Gasteiger partial charge on any atom is 0.258 e. The van der Waals surface area contributed by atoms with Crippen LogP contribution in [0, 0.1) is 0 Å². The van der Waals surface area contributed by atoms with Crippen LogP contribution in [0.1, 0.15) is 41.4 Å². The Morgan fingerprint density at radius 1 is 1.08 bits per heavy atom. The number of carbonyl (C=O) groups is 1. The summed E-state index contributed by atoms with van der Waals surface area (Å²) in [7, 11) is 3.18. The topological polar surface area (TPSA) is 59.0 Å². The predicted octanol–water partition coefficient (Wildman–Crippen LogP) is 3.56. The Hall–Kier alpha value is -2.69. The van der Waals surface area contributed by atoms with Crippen LogP contribution in [0.3, 0.4) is 0 Å². The van der Waals surface area contributed by atoms with E-state index in [0.29, 0.717) is 5.75 Å². The van der Waals surface area contributed by atoms with Crippen LogP contribution in [0.5, 0.6) is 17.2 Å². The molecule has 0 aromatic heterocycles. The van der Waals surface area contributed by atoms with Crippen molar-refractivity contribution in [2.45, 2.75) is 32.4 Å². The Balaban J connectivity index is 1.95. The summed E-state index contributed by atoms with van der Waals surface area (Å²) in [5.74, 6) is 1.10. The fraction of sp³-hybridized carbons (Fsp3) is 0.350. The molecule has 1 aliphatic heterocycles. The van der Waals surface area contributed by atoms with E-state index in [4.69, 9.17) is 9.47 Å². The Bertz CT molecular complexity index is 802. The number of ether oxygens (including phenoxy) is 2. The molecule has 2 unspecified atom stereocenters. The maximum absolute atomic E-state index is 13.1. The van der Waals surface area contributed by atoms with Gasteiger partial charge in [-0.25, -0.2) is 0 Å². The van der Waals surface area contributed by atoms with E-state index in [-0.39, 0.29) is 29.3 Å². The van der Waals surface area contributed by atoms with E-state index in [0.717, 1.165) is 17.7 Å². The zero-order valence-corrected chi connectivity index (χ0v) is 14.9. The van der Waals surface area contributed by atoms with Crippen molar-refractivity contribution in [3.63, 3.8) is 0 Å². The van der Waals surface area contributed by atoms with Crippen molar-refractivity contribution < 1.29 is 19.4 Å². The van der Waals surface area contributed by atoms with Crippen molar-refractivity contribution in [1.82, 2.24) is 4.90 Å². The molecular weight excluding hydrogens is 318 g/mol. The summed E-state index contributed by atoms with van der Waals surface area (Å²) in [5, 5.41) is 10.2. The molecule has 2 atom stereocenters. The van der Waals surface area contributed by atoms with E-state index >= 15 is 0 Å². The van der Waals surface area contributed by atoms with Gasteiger partial charge in [0.25, 0.3) is 5.91 Å². The highest BCUT2D eigenvalue weighted by atomic mass is 16.5. The molecule has 3 rings (SSSR count). The van der Waals surface area contributed by atoms with Crippen LogP contribution in [0.2, 0.25) is 0 Å². The van der Waals surface area contributed by atoms with Gasteiger partial charge in [-0.2, -0.15) is 0 Å². The summed E-state index contributed by atoms with van der Waals surface area (Å²) in [5.41, 5.74) is 2.60. The molecule has 25 heavy (non-hydrogen) atoms. The fourth-order valence-corrected chi connectivity index (χ4v) is 3.58. The first kappa shape index (κ1) is 17.1. The molecule has 0 spiro atoms. The second kappa shape index (κ2) is 6.67. The molecule has 132 valence electrons. The van der Waals surface area contributed by atoms with E-state index in [1.54, 1.807) is 19.2 Å². The van der Waals surface area contributed by atoms with Crippen LogP contribution in [0.4, 0.5) is 0 Å². The van der Waals surface area contributed by atoms with Gasteiger partial charge in [-0.05, 0) is 55.7 Å². The average molecular weight is 341 g/mol. The number of carbonyl (C=O) groups excluding carboxylic acids is 1. The third kappa shape index (κ3) is 3.02.